The Labute approximate surface area is 81.5 Å². The third kappa shape index (κ3) is 2.07. The first-order valence-corrected chi connectivity index (χ1v) is 5.79. The molecule has 0 aromatic rings. The Morgan fingerprint density at radius 2 is 1.62 bits per heavy atom. The second-order valence-corrected chi connectivity index (χ2v) is 5.71. The van der Waals surface area contributed by atoms with E-state index in [4.69, 9.17) is 0 Å². The minimum atomic E-state index is 0.367. The van der Waals surface area contributed by atoms with Crippen LogP contribution >= 0.6 is 0 Å². The summed E-state index contributed by atoms with van der Waals surface area (Å²) in [6, 6.07) is 0. The minimum absolute atomic E-state index is 0.367. The number of rotatable bonds is 3. The fraction of sp³-hybridized carbons (Fsp3) is 1.00. The van der Waals surface area contributed by atoms with E-state index in [0.717, 1.165) is 0 Å². The van der Waals surface area contributed by atoms with Crippen LogP contribution in [-0.4, -0.2) is 11.7 Å². The van der Waals surface area contributed by atoms with E-state index in [9.17, 15) is 5.11 Å². The summed E-state index contributed by atoms with van der Waals surface area (Å²) in [5.74, 6) is 0. The first-order chi connectivity index (χ1) is 6.18. The van der Waals surface area contributed by atoms with Crippen LogP contribution < -0.4 is 0 Å². The molecular weight excluding hydrogens is 160 g/mol. The molecule has 0 atom stereocenters. The molecule has 1 heteroatoms. The molecule has 0 bridgehead atoms. The molecule has 2 fully saturated rings. The van der Waals surface area contributed by atoms with E-state index in [1.165, 1.54) is 51.4 Å². The predicted molar refractivity (Wildman–Crippen MR) is 54.6 cm³/mol. The molecule has 0 unspecified atom stereocenters. The molecule has 0 saturated heterocycles. The zero-order valence-electron chi connectivity index (χ0n) is 8.81. The summed E-state index contributed by atoms with van der Waals surface area (Å²) in [6.07, 6.45) is 10.9. The van der Waals surface area contributed by atoms with Gasteiger partial charge in [-0.25, -0.2) is 0 Å². The van der Waals surface area contributed by atoms with Crippen molar-refractivity contribution >= 4 is 0 Å². The molecule has 0 heterocycles. The molecule has 2 aliphatic rings. The van der Waals surface area contributed by atoms with Crippen molar-refractivity contribution in [1.82, 2.24) is 0 Å². The van der Waals surface area contributed by atoms with E-state index in [-0.39, 0.29) is 0 Å². The van der Waals surface area contributed by atoms with Gasteiger partial charge in [0.2, 0.25) is 0 Å². The lowest BCUT2D eigenvalue weighted by Gasteiger charge is -2.36. The first kappa shape index (κ1) is 9.51. The second kappa shape index (κ2) is 3.27. The smallest absolute Gasteiger partial charge is 0.0487 e. The van der Waals surface area contributed by atoms with Crippen LogP contribution in [0.1, 0.15) is 58.3 Å². The summed E-state index contributed by atoms with van der Waals surface area (Å²) in [6.45, 7) is 2.87. The topological polar surface area (TPSA) is 20.2 Å². The van der Waals surface area contributed by atoms with Crippen LogP contribution in [0.25, 0.3) is 0 Å². The highest BCUT2D eigenvalue weighted by atomic mass is 16.3. The molecule has 1 N–H and O–H groups in total. The quantitative estimate of drug-likeness (QED) is 0.711. The molecule has 76 valence electrons. The van der Waals surface area contributed by atoms with Crippen LogP contribution in [0.3, 0.4) is 0 Å². The largest absolute Gasteiger partial charge is 0.396 e. The van der Waals surface area contributed by atoms with Crippen molar-refractivity contribution in [1.29, 1.82) is 0 Å². The first-order valence-electron chi connectivity index (χ1n) is 5.79. The Hall–Kier alpha value is -0.0400. The Morgan fingerprint density at radius 3 is 2.08 bits per heavy atom. The molecule has 0 aromatic carbocycles. The summed E-state index contributed by atoms with van der Waals surface area (Å²) in [4.78, 5) is 0. The third-order valence-corrected chi connectivity index (χ3v) is 4.15. The number of aliphatic hydroxyl groups is 1. The average molecular weight is 182 g/mol. The van der Waals surface area contributed by atoms with Gasteiger partial charge < -0.3 is 5.11 Å². The van der Waals surface area contributed by atoms with Crippen molar-refractivity contribution in [3.8, 4) is 0 Å². The highest BCUT2D eigenvalue weighted by Gasteiger charge is 2.46. The van der Waals surface area contributed by atoms with Gasteiger partial charge in [-0.1, -0.05) is 26.2 Å². The van der Waals surface area contributed by atoms with Crippen LogP contribution in [0.4, 0.5) is 0 Å². The maximum Gasteiger partial charge on any atom is 0.0487 e. The van der Waals surface area contributed by atoms with Crippen molar-refractivity contribution in [2.75, 3.05) is 6.61 Å². The van der Waals surface area contributed by atoms with Crippen molar-refractivity contribution in [2.24, 2.45) is 10.8 Å². The summed E-state index contributed by atoms with van der Waals surface area (Å²) >= 11 is 0. The van der Waals surface area contributed by atoms with Crippen LogP contribution in [0.2, 0.25) is 0 Å². The van der Waals surface area contributed by atoms with Crippen molar-refractivity contribution in [3.63, 3.8) is 0 Å². The molecule has 1 nitrogen and oxygen atoms in total. The molecule has 0 radical (unpaired) electrons. The summed E-state index contributed by atoms with van der Waals surface area (Å²) < 4.78 is 0. The van der Waals surface area contributed by atoms with Crippen LogP contribution in [0.5, 0.6) is 0 Å². The van der Waals surface area contributed by atoms with E-state index >= 15 is 0 Å². The predicted octanol–water partition coefficient (Wildman–Crippen LogP) is 3.12. The monoisotopic (exact) mass is 182 g/mol. The van der Waals surface area contributed by atoms with Gasteiger partial charge in [-0.15, -0.1) is 0 Å². The van der Waals surface area contributed by atoms with Gasteiger partial charge in [0.15, 0.2) is 0 Å². The summed E-state index contributed by atoms with van der Waals surface area (Å²) in [5, 5.41) is 9.30. The SMILES string of the molecule is CC1(CC2(CO)CC2)CCCCC1. The van der Waals surface area contributed by atoms with E-state index in [2.05, 4.69) is 6.92 Å². The maximum atomic E-state index is 9.30. The van der Waals surface area contributed by atoms with Gasteiger partial charge in [0.25, 0.3) is 0 Å². The van der Waals surface area contributed by atoms with E-state index in [0.29, 0.717) is 17.4 Å². The maximum absolute atomic E-state index is 9.30. The molecule has 0 spiro atoms. The molecule has 2 rings (SSSR count). The fourth-order valence-corrected chi connectivity index (χ4v) is 3.06. The number of hydrogen-bond acceptors (Lipinski definition) is 1. The van der Waals surface area contributed by atoms with Gasteiger partial charge in [0, 0.05) is 6.61 Å². The zero-order chi connectivity index (χ0) is 9.36. The number of hydrogen-bond donors (Lipinski definition) is 1. The third-order valence-electron chi connectivity index (χ3n) is 4.15. The Kier molecular flexibility index (Phi) is 2.39. The van der Waals surface area contributed by atoms with Crippen LogP contribution in [0, 0.1) is 10.8 Å². The summed E-state index contributed by atoms with van der Waals surface area (Å²) in [5.41, 5.74) is 0.934. The van der Waals surface area contributed by atoms with Gasteiger partial charge in [-0.3, -0.25) is 0 Å². The Bertz CT molecular complexity index is 176. The number of aliphatic hydroxyl groups excluding tert-OH is 1. The van der Waals surface area contributed by atoms with E-state index < -0.39 is 0 Å². The Balaban J connectivity index is 1.91. The van der Waals surface area contributed by atoms with Crippen LogP contribution in [0.15, 0.2) is 0 Å². The average Bonchev–Trinajstić information content (AvgIpc) is 2.86. The highest BCUT2D eigenvalue weighted by Crippen LogP contribution is 2.56. The van der Waals surface area contributed by atoms with Crippen LogP contribution in [-0.2, 0) is 0 Å². The Morgan fingerprint density at radius 1 is 1.00 bits per heavy atom. The molecule has 2 aliphatic carbocycles. The second-order valence-electron chi connectivity index (χ2n) is 5.71. The lowest BCUT2D eigenvalue weighted by Crippen LogP contribution is -2.25. The lowest BCUT2D eigenvalue weighted by molar-refractivity contribution is 0.112. The lowest BCUT2D eigenvalue weighted by atomic mass is 9.70. The van der Waals surface area contributed by atoms with Gasteiger partial charge >= 0.3 is 0 Å². The molecule has 0 aliphatic heterocycles. The van der Waals surface area contributed by atoms with Gasteiger partial charge in [0.05, 0.1) is 0 Å². The molecule has 0 aromatic heterocycles. The standard InChI is InChI=1S/C12H22O/c1-11(5-3-2-4-6-11)9-12(10-13)7-8-12/h13H,2-10H2,1H3. The molecule has 0 amide bonds. The normalized spacial score (nSPS) is 30.0. The van der Waals surface area contributed by atoms with E-state index in [1.54, 1.807) is 0 Å². The minimum Gasteiger partial charge on any atom is -0.396 e. The zero-order valence-corrected chi connectivity index (χ0v) is 8.81. The van der Waals surface area contributed by atoms with Crippen molar-refractivity contribution < 1.29 is 5.11 Å². The van der Waals surface area contributed by atoms with Crippen molar-refractivity contribution in [3.05, 3.63) is 0 Å². The van der Waals surface area contributed by atoms with E-state index in [1.807, 2.05) is 0 Å². The van der Waals surface area contributed by atoms with Gasteiger partial charge in [-0.2, -0.15) is 0 Å². The van der Waals surface area contributed by atoms with Gasteiger partial charge in [-0.05, 0) is 42.9 Å². The molecule has 13 heavy (non-hydrogen) atoms. The highest BCUT2D eigenvalue weighted by molar-refractivity contribution is 4.97. The van der Waals surface area contributed by atoms with Crippen molar-refractivity contribution in [2.45, 2.75) is 58.3 Å². The molecule has 2 saturated carbocycles. The fourth-order valence-electron chi connectivity index (χ4n) is 3.06. The summed E-state index contributed by atoms with van der Waals surface area (Å²) in [7, 11) is 0. The molecular formula is C12H22O. The van der Waals surface area contributed by atoms with Gasteiger partial charge in [0.1, 0.15) is 0 Å².